The monoisotopic (exact) mass is 300 g/mol. The van der Waals surface area contributed by atoms with Gasteiger partial charge in [0.1, 0.15) is 0 Å². The van der Waals surface area contributed by atoms with Crippen molar-refractivity contribution in [2.24, 2.45) is 17.8 Å². The van der Waals surface area contributed by atoms with E-state index in [0.717, 1.165) is 17.8 Å². The van der Waals surface area contributed by atoms with Gasteiger partial charge in [-0.1, -0.05) is 34.6 Å². The number of rotatable bonds is 2. The first-order valence-electron chi connectivity index (χ1n) is 5.51. The second-order valence-electron chi connectivity index (χ2n) is 4.19. The van der Waals surface area contributed by atoms with Crippen LogP contribution in [0, 0.1) is 17.8 Å². The van der Waals surface area contributed by atoms with Crippen molar-refractivity contribution < 1.29 is 45.0 Å². The van der Waals surface area contributed by atoms with E-state index in [1.54, 1.807) is 0 Å². The van der Waals surface area contributed by atoms with E-state index in [1.165, 1.54) is 0 Å². The minimum absolute atomic E-state index is 0.843. The fraction of sp³-hybridized carbons (Fsp3) is 0.727. The molecule has 0 aliphatic carbocycles. The molecule has 0 unspecified atom stereocenters. The lowest BCUT2D eigenvalue weighted by molar-refractivity contribution is 0.135. The van der Waals surface area contributed by atoms with Crippen molar-refractivity contribution in [2.45, 2.75) is 34.6 Å². The summed E-state index contributed by atoms with van der Waals surface area (Å²) < 4.78 is 0. The predicted octanol–water partition coefficient (Wildman–Crippen LogP) is 3.60. The van der Waals surface area contributed by atoms with Crippen LogP contribution >= 0.6 is 0 Å². The Kier molecular flexibility index (Phi) is 22.2. The van der Waals surface area contributed by atoms with Gasteiger partial charge in [-0.2, -0.15) is 0 Å². The maximum Gasteiger partial charge on any atom is 0.503 e. The number of hydrogen-bond acceptors (Lipinski definition) is 3. The molecule has 0 aromatic heterocycles. The van der Waals surface area contributed by atoms with Crippen molar-refractivity contribution in [1.29, 1.82) is 0 Å². The molecule has 9 nitrogen and oxygen atoms in total. The Morgan fingerprint density at radius 3 is 0.650 bits per heavy atom. The van der Waals surface area contributed by atoms with Crippen LogP contribution in [0.15, 0.2) is 0 Å². The average molecular weight is 300 g/mol. The molecule has 0 atom stereocenters. The van der Waals surface area contributed by atoms with Crippen molar-refractivity contribution in [3.8, 4) is 0 Å². The summed E-state index contributed by atoms with van der Waals surface area (Å²) in [5.41, 5.74) is 0. The highest BCUT2D eigenvalue weighted by atomic mass is 16.6. The van der Waals surface area contributed by atoms with E-state index < -0.39 is 18.5 Å². The molecule has 0 fully saturated rings. The van der Waals surface area contributed by atoms with Gasteiger partial charge in [0.15, 0.2) is 0 Å². The molecule has 0 rings (SSSR count). The van der Waals surface area contributed by atoms with Gasteiger partial charge >= 0.3 is 18.5 Å². The molecule has 0 heterocycles. The SMILES string of the molecule is CC(C)C(C)C(C)C.O=C(O)O.O=C(O)O.O=C(O)O. The molecule has 6 N–H and O–H groups in total. The third kappa shape index (κ3) is 103. The van der Waals surface area contributed by atoms with E-state index in [9.17, 15) is 0 Å². The van der Waals surface area contributed by atoms with Crippen LogP contribution < -0.4 is 0 Å². The van der Waals surface area contributed by atoms with Crippen LogP contribution in [0.4, 0.5) is 14.4 Å². The number of carboxylic acid groups (broad SMARTS) is 6. The molecule has 0 aromatic carbocycles. The Morgan fingerprint density at radius 2 is 0.650 bits per heavy atom. The summed E-state index contributed by atoms with van der Waals surface area (Å²) in [4.78, 5) is 25.7. The maximum atomic E-state index is 8.56. The highest BCUT2D eigenvalue weighted by molar-refractivity contribution is 5.53. The van der Waals surface area contributed by atoms with E-state index in [0.29, 0.717) is 0 Å². The van der Waals surface area contributed by atoms with Crippen molar-refractivity contribution in [3.63, 3.8) is 0 Å². The minimum Gasteiger partial charge on any atom is -0.450 e. The highest BCUT2D eigenvalue weighted by Crippen LogP contribution is 2.18. The summed E-state index contributed by atoms with van der Waals surface area (Å²) in [5.74, 6) is 2.56. The van der Waals surface area contributed by atoms with Gasteiger partial charge in [-0.15, -0.1) is 0 Å². The number of carbonyl (C=O) groups is 3. The van der Waals surface area contributed by atoms with Gasteiger partial charge in [0.05, 0.1) is 0 Å². The molecule has 0 bridgehead atoms. The van der Waals surface area contributed by atoms with Crippen LogP contribution in [-0.4, -0.2) is 49.1 Å². The van der Waals surface area contributed by atoms with Gasteiger partial charge in [0, 0.05) is 0 Å². The van der Waals surface area contributed by atoms with E-state index >= 15 is 0 Å². The molecule has 9 heteroatoms. The van der Waals surface area contributed by atoms with Crippen LogP contribution in [0.1, 0.15) is 34.6 Å². The Morgan fingerprint density at radius 1 is 0.550 bits per heavy atom. The normalized spacial score (nSPS) is 8.40. The summed E-state index contributed by atoms with van der Waals surface area (Å²) in [5, 5.41) is 41.8. The lowest BCUT2D eigenvalue weighted by Crippen LogP contribution is -2.10. The summed E-state index contributed by atoms with van der Waals surface area (Å²) >= 11 is 0. The molecule has 0 spiro atoms. The van der Waals surface area contributed by atoms with Crippen LogP contribution in [0.2, 0.25) is 0 Å². The molecule has 0 amide bonds. The second kappa shape index (κ2) is 16.8. The first-order valence-corrected chi connectivity index (χ1v) is 5.51. The topological polar surface area (TPSA) is 173 Å². The molecule has 0 aliphatic heterocycles. The third-order valence-electron chi connectivity index (χ3n) is 2.10. The molecule has 0 saturated heterocycles. The Balaban J connectivity index is -0.0000000917. The van der Waals surface area contributed by atoms with Crippen LogP contribution in [-0.2, 0) is 0 Å². The van der Waals surface area contributed by atoms with Gasteiger partial charge < -0.3 is 30.6 Å². The van der Waals surface area contributed by atoms with Gasteiger partial charge in [-0.3, -0.25) is 0 Å². The quantitative estimate of drug-likeness (QED) is 0.445. The maximum absolute atomic E-state index is 8.56. The summed E-state index contributed by atoms with van der Waals surface area (Å²) in [6, 6.07) is 0. The summed E-state index contributed by atoms with van der Waals surface area (Å²) in [7, 11) is 0. The van der Waals surface area contributed by atoms with E-state index in [-0.39, 0.29) is 0 Å². The molecule has 20 heavy (non-hydrogen) atoms. The smallest absolute Gasteiger partial charge is 0.450 e. The molecule has 0 saturated carbocycles. The molecule has 0 radical (unpaired) electrons. The largest absolute Gasteiger partial charge is 0.503 e. The molecule has 122 valence electrons. The summed E-state index contributed by atoms with van der Waals surface area (Å²) in [6.07, 6.45) is -5.50. The van der Waals surface area contributed by atoms with Gasteiger partial charge in [0.25, 0.3) is 0 Å². The van der Waals surface area contributed by atoms with Gasteiger partial charge in [0.2, 0.25) is 0 Å². The van der Waals surface area contributed by atoms with E-state index in [4.69, 9.17) is 45.0 Å². The van der Waals surface area contributed by atoms with Gasteiger partial charge in [-0.05, 0) is 17.8 Å². The minimum atomic E-state index is -1.83. The third-order valence-corrected chi connectivity index (χ3v) is 2.10. The van der Waals surface area contributed by atoms with Crippen LogP contribution in [0.5, 0.6) is 0 Å². The van der Waals surface area contributed by atoms with Crippen molar-refractivity contribution in [1.82, 2.24) is 0 Å². The zero-order valence-corrected chi connectivity index (χ0v) is 12.1. The highest BCUT2D eigenvalue weighted by Gasteiger charge is 2.09. The fourth-order valence-corrected chi connectivity index (χ4v) is 0.770. The van der Waals surface area contributed by atoms with Crippen LogP contribution in [0.3, 0.4) is 0 Å². The van der Waals surface area contributed by atoms with Crippen molar-refractivity contribution in [3.05, 3.63) is 0 Å². The van der Waals surface area contributed by atoms with E-state index in [2.05, 4.69) is 34.6 Å². The standard InChI is InChI=1S/C8H18.3CH2O3/c1-6(2)8(5)7(3)4;3*2-1(3)4/h6-8H,1-5H3;3*(H2,2,3,4). The molecular formula is C11H24O9. The zero-order chi connectivity index (χ0) is 17.5. The van der Waals surface area contributed by atoms with Crippen molar-refractivity contribution in [2.75, 3.05) is 0 Å². The van der Waals surface area contributed by atoms with Gasteiger partial charge in [-0.25, -0.2) is 14.4 Å². The second-order valence-corrected chi connectivity index (χ2v) is 4.19. The first-order chi connectivity index (χ1) is 8.75. The van der Waals surface area contributed by atoms with Crippen molar-refractivity contribution >= 4 is 18.5 Å². The molecular weight excluding hydrogens is 276 g/mol. The fourth-order valence-electron chi connectivity index (χ4n) is 0.770. The lowest BCUT2D eigenvalue weighted by atomic mass is 9.88. The average Bonchev–Trinajstić information content (AvgIpc) is 2.13. The zero-order valence-electron chi connectivity index (χ0n) is 12.1. The predicted molar refractivity (Wildman–Crippen MR) is 70.8 cm³/mol. The first kappa shape index (κ1) is 26.4. The Hall–Kier alpha value is -2.19. The van der Waals surface area contributed by atoms with E-state index in [1.807, 2.05) is 0 Å². The van der Waals surface area contributed by atoms with Crippen LogP contribution in [0.25, 0.3) is 0 Å². The number of hydrogen-bond donors (Lipinski definition) is 6. The lowest BCUT2D eigenvalue weighted by Gasteiger charge is -2.18. The summed E-state index contributed by atoms with van der Waals surface area (Å²) in [6.45, 7) is 11.4. The molecule has 0 aromatic rings. The Bertz CT molecular complexity index is 212. The Labute approximate surface area is 117 Å². The molecule has 0 aliphatic rings.